The van der Waals surface area contributed by atoms with Crippen LogP contribution in [0.25, 0.3) is 0 Å². The zero-order valence-electron chi connectivity index (χ0n) is 5.76. The van der Waals surface area contributed by atoms with Crippen molar-refractivity contribution in [1.82, 2.24) is 5.32 Å². The highest BCUT2D eigenvalue weighted by molar-refractivity contribution is 4.92. The molecule has 1 heterocycles. The average Bonchev–Trinajstić information content (AvgIpc) is 1.91. The van der Waals surface area contributed by atoms with Crippen molar-refractivity contribution in [3.8, 4) is 0 Å². The molecular formula is C7H13NO. The van der Waals surface area contributed by atoms with Crippen LogP contribution < -0.4 is 5.32 Å². The third-order valence-electron chi connectivity index (χ3n) is 1.38. The van der Waals surface area contributed by atoms with Crippen LogP contribution in [0.1, 0.15) is 6.92 Å². The van der Waals surface area contributed by atoms with E-state index in [-0.39, 0.29) is 0 Å². The second-order valence-corrected chi connectivity index (χ2v) is 2.16. The van der Waals surface area contributed by atoms with Crippen LogP contribution in [0.5, 0.6) is 0 Å². The van der Waals surface area contributed by atoms with Gasteiger partial charge in [0.25, 0.3) is 0 Å². The number of allylic oxidation sites excluding steroid dienone is 1. The molecule has 1 N–H and O–H groups in total. The van der Waals surface area contributed by atoms with Crippen molar-refractivity contribution in [1.29, 1.82) is 0 Å². The van der Waals surface area contributed by atoms with E-state index in [4.69, 9.17) is 4.74 Å². The summed E-state index contributed by atoms with van der Waals surface area (Å²) in [5, 5.41) is 3.31. The smallest absolute Gasteiger partial charge is 0.0656 e. The van der Waals surface area contributed by atoms with Gasteiger partial charge in [0.2, 0.25) is 0 Å². The first kappa shape index (κ1) is 6.78. The summed E-state index contributed by atoms with van der Waals surface area (Å²) < 4.78 is 5.22. The molecular weight excluding hydrogens is 114 g/mol. The summed E-state index contributed by atoms with van der Waals surface area (Å²) >= 11 is 0. The Balaban J connectivity index is 2.23. The van der Waals surface area contributed by atoms with E-state index in [0.717, 1.165) is 19.8 Å². The highest BCUT2D eigenvalue weighted by Gasteiger charge is 2.07. The Labute approximate surface area is 55.9 Å². The van der Waals surface area contributed by atoms with Crippen molar-refractivity contribution in [2.45, 2.75) is 13.0 Å². The van der Waals surface area contributed by atoms with E-state index < -0.39 is 0 Å². The van der Waals surface area contributed by atoms with E-state index in [1.165, 1.54) is 0 Å². The molecule has 0 bridgehead atoms. The maximum atomic E-state index is 5.22. The lowest BCUT2D eigenvalue weighted by Gasteiger charge is -2.20. The SMILES string of the molecule is C/C=C/[C@@H]1COCCN1. The molecule has 52 valence electrons. The number of hydrogen-bond donors (Lipinski definition) is 1. The van der Waals surface area contributed by atoms with Gasteiger partial charge >= 0.3 is 0 Å². The molecule has 0 amide bonds. The van der Waals surface area contributed by atoms with E-state index in [1.54, 1.807) is 0 Å². The summed E-state index contributed by atoms with van der Waals surface area (Å²) in [6.45, 7) is 4.68. The van der Waals surface area contributed by atoms with Gasteiger partial charge in [0.1, 0.15) is 0 Å². The average molecular weight is 127 g/mol. The molecule has 1 fully saturated rings. The maximum absolute atomic E-state index is 5.22. The van der Waals surface area contributed by atoms with E-state index in [0.29, 0.717) is 6.04 Å². The molecule has 0 aromatic heterocycles. The molecule has 0 spiro atoms. The molecule has 0 aromatic carbocycles. The first-order chi connectivity index (χ1) is 4.43. The van der Waals surface area contributed by atoms with Crippen LogP contribution in [-0.4, -0.2) is 25.8 Å². The van der Waals surface area contributed by atoms with E-state index >= 15 is 0 Å². The van der Waals surface area contributed by atoms with Crippen LogP contribution in [-0.2, 0) is 4.74 Å². The Bertz CT molecular complexity index is 95.1. The summed E-state index contributed by atoms with van der Waals surface area (Å²) in [6, 6.07) is 0.448. The molecule has 1 aliphatic rings. The van der Waals surface area contributed by atoms with E-state index in [1.807, 2.05) is 13.0 Å². The first-order valence-corrected chi connectivity index (χ1v) is 3.37. The van der Waals surface area contributed by atoms with E-state index in [9.17, 15) is 0 Å². The summed E-state index contributed by atoms with van der Waals surface area (Å²) in [6.07, 6.45) is 4.17. The number of ether oxygens (including phenoxy) is 1. The molecule has 1 atom stereocenters. The summed E-state index contributed by atoms with van der Waals surface area (Å²) in [4.78, 5) is 0. The van der Waals surface area contributed by atoms with Crippen LogP contribution in [0.15, 0.2) is 12.2 Å². The molecule has 9 heavy (non-hydrogen) atoms. The fourth-order valence-corrected chi connectivity index (χ4v) is 0.942. The Hall–Kier alpha value is -0.340. The third kappa shape index (κ3) is 2.16. The van der Waals surface area contributed by atoms with Gasteiger partial charge in [-0.05, 0) is 6.92 Å². The van der Waals surface area contributed by atoms with Crippen LogP contribution in [0.3, 0.4) is 0 Å². The van der Waals surface area contributed by atoms with Crippen molar-refractivity contribution in [3.63, 3.8) is 0 Å². The third-order valence-corrected chi connectivity index (χ3v) is 1.38. The topological polar surface area (TPSA) is 21.3 Å². The van der Waals surface area contributed by atoms with Gasteiger partial charge < -0.3 is 10.1 Å². The molecule has 0 aliphatic carbocycles. The van der Waals surface area contributed by atoms with Crippen molar-refractivity contribution in [2.75, 3.05) is 19.8 Å². The van der Waals surface area contributed by atoms with Gasteiger partial charge in [0.05, 0.1) is 13.2 Å². The zero-order chi connectivity index (χ0) is 6.53. The van der Waals surface area contributed by atoms with Gasteiger partial charge in [-0.2, -0.15) is 0 Å². The minimum absolute atomic E-state index is 0.448. The monoisotopic (exact) mass is 127 g/mol. The lowest BCUT2D eigenvalue weighted by Crippen LogP contribution is -2.39. The summed E-state index contributed by atoms with van der Waals surface area (Å²) in [5.41, 5.74) is 0. The fraction of sp³-hybridized carbons (Fsp3) is 0.714. The normalized spacial score (nSPS) is 29.2. The molecule has 0 radical (unpaired) electrons. The summed E-state index contributed by atoms with van der Waals surface area (Å²) in [7, 11) is 0. The summed E-state index contributed by atoms with van der Waals surface area (Å²) in [5.74, 6) is 0. The zero-order valence-corrected chi connectivity index (χ0v) is 5.76. The largest absolute Gasteiger partial charge is 0.378 e. The number of rotatable bonds is 1. The Morgan fingerprint density at radius 2 is 2.56 bits per heavy atom. The van der Waals surface area contributed by atoms with Crippen LogP contribution >= 0.6 is 0 Å². The van der Waals surface area contributed by atoms with Gasteiger partial charge in [0, 0.05) is 12.6 Å². The Kier molecular flexibility index (Phi) is 2.74. The quantitative estimate of drug-likeness (QED) is 0.519. The molecule has 0 unspecified atom stereocenters. The molecule has 1 saturated heterocycles. The second kappa shape index (κ2) is 3.64. The van der Waals surface area contributed by atoms with Crippen LogP contribution in [0.4, 0.5) is 0 Å². The van der Waals surface area contributed by atoms with Gasteiger partial charge in [-0.15, -0.1) is 0 Å². The van der Waals surface area contributed by atoms with Crippen molar-refractivity contribution in [3.05, 3.63) is 12.2 Å². The number of morpholine rings is 1. The van der Waals surface area contributed by atoms with Crippen LogP contribution in [0, 0.1) is 0 Å². The molecule has 0 aromatic rings. The predicted octanol–water partition coefficient (Wildman–Crippen LogP) is 0.551. The standard InChI is InChI=1S/C7H13NO/c1-2-3-7-6-9-5-4-8-7/h2-3,7-8H,4-6H2,1H3/b3-2+/t7-/m1/s1. The number of hydrogen-bond acceptors (Lipinski definition) is 2. The number of nitrogens with one attached hydrogen (secondary N) is 1. The molecule has 2 heteroatoms. The maximum Gasteiger partial charge on any atom is 0.0656 e. The van der Waals surface area contributed by atoms with Gasteiger partial charge in [-0.3, -0.25) is 0 Å². The Morgan fingerprint density at radius 3 is 3.11 bits per heavy atom. The second-order valence-electron chi connectivity index (χ2n) is 2.16. The van der Waals surface area contributed by atoms with Crippen molar-refractivity contribution in [2.24, 2.45) is 0 Å². The Morgan fingerprint density at radius 1 is 1.67 bits per heavy atom. The minimum Gasteiger partial charge on any atom is -0.378 e. The first-order valence-electron chi connectivity index (χ1n) is 3.37. The van der Waals surface area contributed by atoms with Gasteiger partial charge in [-0.25, -0.2) is 0 Å². The highest BCUT2D eigenvalue weighted by atomic mass is 16.5. The fourth-order valence-electron chi connectivity index (χ4n) is 0.942. The minimum atomic E-state index is 0.448. The van der Waals surface area contributed by atoms with Crippen LogP contribution in [0.2, 0.25) is 0 Å². The molecule has 1 rings (SSSR count). The molecule has 1 aliphatic heterocycles. The lowest BCUT2D eigenvalue weighted by atomic mass is 10.2. The van der Waals surface area contributed by atoms with Crippen molar-refractivity contribution >= 4 is 0 Å². The lowest BCUT2D eigenvalue weighted by molar-refractivity contribution is 0.0901. The molecule has 0 saturated carbocycles. The molecule has 2 nitrogen and oxygen atoms in total. The van der Waals surface area contributed by atoms with E-state index in [2.05, 4.69) is 11.4 Å². The predicted molar refractivity (Wildman–Crippen MR) is 37.4 cm³/mol. The van der Waals surface area contributed by atoms with Gasteiger partial charge in [0.15, 0.2) is 0 Å². The van der Waals surface area contributed by atoms with Gasteiger partial charge in [-0.1, -0.05) is 12.2 Å². The highest BCUT2D eigenvalue weighted by Crippen LogP contribution is 1.93. The van der Waals surface area contributed by atoms with Crippen molar-refractivity contribution < 1.29 is 4.74 Å².